The zero-order valence-corrected chi connectivity index (χ0v) is 17.6. The maximum Gasteiger partial charge on any atom is 0.339 e. The zero-order valence-electron chi connectivity index (χ0n) is 17.6. The van der Waals surface area contributed by atoms with Gasteiger partial charge in [-0.15, -0.1) is 0 Å². The first-order valence-corrected chi connectivity index (χ1v) is 9.94. The molecule has 5 heteroatoms. The summed E-state index contributed by atoms with van der Waals surface area (Å²) in [7, 11) is 1.31. The molecule has 0 atom stereocenters. The van der Waals surface area contributed by atoms with Gasteiger partial charge in [-0.05, 0) is 37.6 Å². The van der Waals surface area contributed by atoms with Crippen molar-refractivity contribution in [2.45, 2.75) is 13.8 Å². The molecule has 0 radical (unpaired) electrons. The summed E-state index contributed by atoms with van der Waals surface area (Å²) in [6, 6.07) is 22.4. The van der Waals surface area contributed by atoms with E-state index in [1.165, 1.54) is 7.11 Å². The fourth-order valence-corrected chi connectivity index (χ4v) is 3.66. The van der Waals surface area contributed by atoms with E-state index in [0.717, 1.165) is 33.3 Å². The molecule has 0 aliphatic rings. The van der Waals surface area contributed by atoms with E-state index in [4.69, 9.17) is 9.72 Å². The average Bonchev–Trinajstić information content (AvgIpc) is 2.79. The lowest BCUT2D eigenvalue weighted by atomic mass is 9.96. The number of aromatic nitrogens is 1. The normalized spacial score (nSPS) is 10.7. The van der Waals surface area contributed by atoms with E-state index in [-0.39, 0.29) is 5.91 Å². The van der Waals surface area contributed by atoms with Crippen molar-refractivity contribution in [2.75, 3.05) is 12.4 Å². The third kappa shape index (κ3) is 3.90. The molecule has 4 rings (SSSR count). The predicted molar refractivity (Wildman–Crippen MR) is 122 cm³/mol. The van der Waals surface area contributed by atoms with Crippen molar-refractivity contribution in [1.82, 2.24) is 4.98 Å². The van der Waals surface area contributed by atoms with Crippen molar-refractivity contribution in [3.8, 4) is 11.3 Å². The van der Waals surface area contributed by atoms with Gasteiger partial charge in [0, 0.05) is 10.9 Å². The van der Waals surface area contributed by atoms with Crippen LogP contribution in [0.3, 0.4) is 0 Å². The fraction of sp³-hybridized carbons (Fsp3) is 0.115. The van der Waals surface area contributed by atoms with Gasteiger partial charge >= 0.3 is 5.97 Å². The van der Waals surface area contributed by atoms with E-state index in [0.29, 0.717) is 16.8 Å². The first-order valence-electron chi connectivity index (χ1n) is 9.94. The largest absolute Gasteiger partial charge is 0.465 e. The van der Waals surface area contributed by atoms with E-state index in [1.54, 1.807) is 24.3 Å². The standard InChI is InChI=1S/C26H22N2O3/c1-16-12-14-18(15-13-16)24-17(2)23(19-8-4-6-10-21(19)27-24)25(29)28-22-11-7-5-9-20(22)26(30)31-3/h4-15H,1-3H3,(H,28,29). The fourth-order valence-electron chi connectivity index (χ4n) is 3.66. The number of hydrogen-bond acceptors (Lipinski definition) is 4. The number of para-hydroxylation sites is 2. The summed E-state index contributed by atoms with van der Waals surface area (Å²) < 4.78 is 4.84. The van der Waals surface area contributed by atoms with Crippen molar-refractivity contribution in [3.63, 3.8) is 0 Å². The van der Waals surface area contributed by atoms with Gasteiger partial charge in [0.1, 0.15) is 0 Å². The zero-order chi connectivity index (χ0) is 22.0. The highest BCUT2D eigenvalue weighted by Crippen LogP contribution is 2.31. The van der Waals surface area contributed by atoms with Gasteiger partial charge in [-0.1, -0.05) is 60.2 Å². The van der Waals surface area contributed by atoms with Crippen LogP contribution in [0.15, 0.2) is 72.8 Å². The number of aryl methyl sites for hydroxylation is 1. The number of nitrogens with zero attached hydrogens (tertiary/aromatic N) is 1. The summed E-state index contributed by atoms with van der Waals surface area (Å²) >= 11 is 0. The second-order valence-corrected chi connectivity index (χ2v) is 7.33. The van der Waals surface area contributed by atoms with Crippen molar-refractivity contribution in [2.24, 2.45) is 0 Å². The van der Waals surface area contributed by atoms with Gasteiger partial charge in [0.05, 0.1) is 35.1 Å². The second-order valence-electron chi connectivity index (χ2n) is 7.33. The molecule has 0 bridgehead atoms. The topological polar surface area (TPSA) is 68.3 Å². The molecule has 5 nitrogen and oxygen atoms in total. The minimum Gasteiger partial charge on any atom is -0.465 e. The highest BCUT2D eigenvalue weighted by Gasteiger charge is 2.21. The molecule has 0 saturated carbocycles. The molecule has 0 aliphatic carbocycles. The number of methoxy groups -OCH3 is 1. The van der Waals surface area contributed by atoms with Gasteiger partial charge in [0.2, 0.25) is 0 Å². The maximum atomic E-state index is 13.5. The number of hydrogen-bond donors (Lipinski definition) is 1. The molecular weight excluding hydrogens is 388 g/mol. The molecule has 0 fully saturated rings. The Morgan fingerprint density at radius 2 is 1.55 bits per heavy atom. The smallest absolute Gasteiger partial charge is 0.339 e. The minimum absolute atomic E-state index is 0.299. The summed E-state index contributed by atoms with van der Waals surface area (Å²) in [5.74, 6) is -0.812. The van der Waals surface area contributed by atoms with Crippen molar-refractivity contribution in [1.29, 1.82) is 0 Å². The quantitative estimate of drug-likeness (QED) is 0.448. The van der Waals surface area contributed by atoms with Crippen LogP contribution in [0.25, 0.3) is 22.2 Å². The molecule has 154 valence electrons. The van der Waals surface area contributed by atoms with Crippen LogP contribution in [0, 0.1) is 13.8 Å². The van der Waals surface area contributed by atoms with E-state index in [9.17, 15) is 9.59 Å². The van der Waals surface area contributed by atoms with Gasteiger partial charge < -0.3 is 10.1 Å². The number of fused-ring (bicyclic) bond motifs is 1. The number of anilines is 1. The number of carbonyl (C=O) groups excluding carboxylic acids is 2. The van der Waals surface area contributed by atoms with Gasteiger partial charge in [-0.25, -0.2) is 9.78 Å². The van der Waals surface area contributed by atoms with Gasteiger partial charge in [-0.3, -0.25) is 4.79 Å². The van der Waals surface area contributed by atoms with Crippen LogP contribution in [-0.2, 0) is 4.74 Å². The SMILES string of the molecule is COC(=O)c1ccccc1NC(=O)c1c(C)c(-c2ccc(C)cc2)nc2ccccc12. The molecule has 3 aromatic carbocycles. The first kappa shape index (κ1) is 20.3. The van der Waals surface area contributed by atoms with Crippen LogP contribution in [0.4, 0.5) is 5.69 Å². The van der Waals surface area contributed by atoms with Crippen LogP contribution in [0.2, 0.25) is 0 Å². The van der Waals surface area contributed by atoms with E-state index in [2.05, 4.69) is 5.32 Å². The Morgan fingerprint density at radius 1 is 0.871 bits per heavy atom. The Kier molecular flexibility index (Phi) is 5.50. The Bertz CT molecular complexity index is 1290. The van der Waals surface area contributed by atoms with Gasteiger partial charge in [0.25, 0.3) is 5.91 Å². The monoisotopic (exact) mass is 410 g/mol. The van der Waals surface area contributed by atoms with Crippen LogP contribution in [0.1, 0.15) is 31.8 Å². The number of nitrogens with one attached hydrogen (secondary N) is 1. The van der Waals surface area contributed by atoms with E-state index >= 15 is 0 Å². The first-order chi connectivity index (χ1) is 15.0. The number of esters is 1. The minimum atomic E-state index is -0.507. The van der Waals surface area contributed by atoms with Crippen LogP contribution >= 0.6 is 0 Å². The lowest BCUT2D eigenvalue weighted by molar-refractivity contribution is 0.0602. The van der Waals surface area contributed by atoms with Gasteiger partial charge in [0.15, 0.2) is 0 Å². The molecule has 31 heavy (non-hydrogen) atoms. The number of ether oxygens (including phenoxy) is 1. The number of pyridine rings is 1. The molecular formula is C26H22N2O3. The van der Waals surface area contributed by atoms with Crippen LogP contribution in [0.5, 0.6) is 0 Å². The Hall–Kier alpha value is -3.99. The molecule has 1 aromatic heterocycles. The van der Waals surface area contributed by atoms with Gasteiger partial charge in [-0.2, -0.15) is 0 Å². The molecule has 1 N–H and O–H groups in total. The summed E-state index contributed by atoms with van der Waals surface area (Å²) in [5, 5.41) is 3.65. The Balaban J connectivity index is 1.85. The number of benzene rings is 3. The summed E-state index contributed by atoms with van der Waals surface area (Å²) in [6.07, 6.45) is 0. The average molecular weight is 410 g/mol. The van der Waals surface area contributed by atoms with Crippen molar-refractivity contribution >= 4 is 28.5 Å². The highest BCUT2D eigenvalue weighted by molar-refractivity contribution is 6.15. The summed E-state index contributed by atoms with van der Waals surface area (Å²) in [4.78, 5) is 30.4. The third-order valence-corrected chi connectivity index (χ3v) is 5.27. The Morgan fingerprint density at radius 3 is 2.29 bits per heavy atom. The number of rotatable bonds is 4. The summed E-state index contributed by atoms with van der Waals surface area (Å²) in [6.45, 7) is 3.93. The third-order valence-electron chi connectivity index (χ3n) is 5.27. The summed E-state index contributed by atoms with van der Waals surface area (Å²) in [5.41, 5.74) is 5.58. The number of carbonyl (C=O) groups is 2. The lowest BCUT2D eigenvalue weighted by Gasteiger charge is -2.16. The van der Waals surface area contributed by atoms with Crippen LogP contribution in [-0.4, -0.2) is 24.0 Å². The molecule has 1 amide bonds. The molecule has 0 spiro atoms. The van der Waals surface area contributed by atoms with Crippen molar-refractivity contribution < 1.29 is 14.3 Å². The Labute approximate surface area is 180 Å². The van der Waals surface area contributed by atoms with Crippen LogP contribution < -0.4 is 5.32 Å². The predicted octanol–water partition coefficient (Wildman–Crippen LogP) is 5.56. The van der Waals surface area contributed by atoms with E-state index in [1.807, 2.05) is 62.4 Å². The second kappa shape index (κ2) is 8.40. The van der Waals surface area contributed by atoms with Crippen molar-refractivity contribution in [3.05, 3.63) is 95.1 Å². The lowest BCUT2D eigenvalue weighted by Crippen LogP contribution is -2.17. The van der Waals surface area contributed by atoms with E-state index < -0.39 is 5.97 Å². The number of amides is 1. The maximum absolute atomic E-state index is 13.5. The molecule has 0 aliphatic heterocycles. The molecule has 1 heterocycles. The molecule has 0 unspecified atom stereocenters. The molecule has 0 saturated heterocycles. The molecule has 4 aromatic rings. The highest BCUT2D eigenvalue weighted by atomic mass is 16.5.